The molecule has 0 aliphatic carbocycles. The van der Waals surface area contributed by atoms with Crippen molar-refractivity contribution in [1.29, 1.82) is 0 Å². The minimum absolute atomic E-state index is 0.108. The summed E-state index contributed by atoms with van der Waals surface area (Å²) in [6.07, 6.45) is 1.76. The van der Waals surface area contributed by atoms with Crippen molar-refractivity contribution in [2.45, 2.75) is 6.54 Å². The number of nitrogens with zero attached hydrogens (tertiary/aromatic N) is 2. The molecule has 66 valence electrons. The van der Waals surface area contributed by atoms with E-state index in [0.29, 0.717) is 11.1 Å². The number of fused-ring (bicyclic) bond motifs is 1. The highest BCUT2D eigenvalue weighted by Crippen LogP contribution is 2.20. The Kier molecular flexibility index (Phi) is 1.51. The van der Waals surface area contributed by atoms with Gasteiger partial charge in [0.05, 0.1) is 6.54 Å². The van der Waals surface area contributed by atoms with Gasteiger partial charge in [-0.05, 0) is 6.07 Å². The third-order valence-electron chi connectivity index (χ3n) is 1.94. The fourth-order valence-electron chi connectivity index (χ4n) is 1.30. The fraction of sp³-hybridized carbons (Fsp3) is 0.125. The quantitative estimate of drug-likeness (QED) is 0.635. The highest BCUT2D eigenvalue weighted by atomic mass is 16.4. The number of hydrogen-bond acceptors (Lipinski definition) is 3. The molecule has 2 heterocycles. The molecule has 0 spiro atoms. The molecular weight excluding hydrogens is 172 g/mol. The van der Waals surface area contributed by atoms with Gasteiger partial charge >= 0.3 is 6.09 Å². The molecular formula is C8H6N2O3. The molecule has 1 aromatic rings. The minimum Gasteiger partial charge on any atom is -0.465 e. The van der Waals surface area contributed by atoms with Gasteiger partial charge in [0, 0.05) is 23.5 Å². The molecule has 0 unspecified atom stereocenters. The molecule has 5 heteroatoms. The maximum absolute atomic E-state index is 11.4. The molecule has 13 heavy (non-hydrogen) atoms. The van der Waals surface area contributed by atoms with Crippen molar-refractivity contribution in [2.24, 2.45) is 0 Å². The van der Waals surface area contributed by atoms with Crippen LogP contribution in [0.4, 0.5) is 4.79 Å². The van der Waals surface area contributed by atoms with Gasteiger partial charge in [0.25, 0.3) is 5.91 Å². The van der Waals surface area contributed by atoms with E-state index in [1.54, 1.807) is 0 Å². The van der Waals surface area contributed by atoms with Crippen LogP contribution in [0.25, 0.3) is 0 Å². The minimum atomic E-state index is -1.22. The lowest BCUT2D eigenvalue weighted by Crippen LogP contribution is -2.29. The molecule has 0 radical (unpaired) electrons. The number of amides is 2. The first kappa shape index (κ1) is 7.72. The van der Waals surface area contributed by atoms with Crippen LogP contribution in [0.3, 0.4) is 0 Å². The number of imide groups is 1. The maximum atomic E-state index is 11.4. The number of rotatable bonds is 0. The molecule has 0 atom stereocenters. The molecule has 1 aliphatic rings. The number of carbonyl (C=O) groups excluding carboxylic acids is 1. The summed E-state index contributed by atoms with van der Waals surface area (Å²) in [5.41, 5.74) is 1.09. The van der Waals surface area contributed by atoms with Gasteiger partial charge in [-0.25, -0.2) is 9.69 Å². The normalized spacial score (nSPS) is 14.5. The van der Waals surface area contributed by atoms with Crippen LogP contribution in [0.5, 0.6) is 0 Å². The van der Waals surface area contributed by atoms with Crippen molar-refractivity contribution >= 4 is 12.0 Å². The summed E-state index contributed by atoms with van der Waals surface area (Å²) in [7, 11) is 0. The first-order valence-electron chi connectivity index (χ1n) is 3.68. The Hall–Kier alpha value is -1.91. The molecule has 0 bridgehead atoms. The van der Waals surface area contributed by atoms with Crippen LogP contribution in [0.1, 0.15) is 15.9 Å². The Balaban J connectivity index is 2.44. The molecule has 0 saturated heterocycles. The van der Waals surface area contributed by atoms with Crippen molar-refractivity contribution in [3.63, 3.8) is 0 Å². The fourth-order valence-corrected chi connectivity index (χ4v) is 1.30. The van der Waals surface area contributed by atoms with E-state index >= 15 is 0 Å². The number of carbonyl (C=O) groups is 2. The summed E-state index contributed by atoms with van der Waals surface area (Å²) in [6, 6.07) is 1.53. The third-order valence-corrected chi connectivity index (χ3v) is 1.94. The lowest BCUT2D eigenvalue weighted by molar-refractivity contribution is 0.0764. The van der Waals surface area contributed by atoms with Crippen LogP contribution < -0.4 is 0 Å². The predicted octanol–water partition coefficient (Wildman–Crippen LogP) is 0.715. The Morgan fingerprint density at radius 1 is 1.62 bits per heavy atom. The summed E-state index contributed by atoms with van der Waals surface area (Å²) in [4.78, 5) is 26.5. The zero-order valence-electron chi connectivity index (χ0n) is 6.60. The van der Waals surface area contributed by atoms with Crippen LogP contribution in [-0.4, -0.2) is 27.0 Å². The van der Waals surface area contributed by atoms with Gasteiger partial charge in [0.15, 0.2) is 0 Å². The van der Waals surface area contributed by atoms with Gasteiger partial charge in [-0.2, -0.15) is 0 Å². The average molecular weight is 178 g/mol. The molecule has 1 aromatic heterocycles. The average Bonchev–Trinajstić information content (AvgIpc) is 2.45. The van der Waals surface area contributed by atoms with Gasteiger partial charge in [-0.1, -0.05) is 0 Å². The van der Waals surface area contributed by atoms with Crippen molar-refractivity contribution in [1.82, 2.24) is 9.88 Å². The van der Waals surface area contributed by atoms with Crippen LogP contribution in [0, 0.1) is 0 Å². The second-order valence-corrected chi connectivity index (χ2v) is 2.71. The predicted molar refractivity (Wildman–Crippen MR) is 42.1 cm³/mol. The second-order valence-electron chi connectivity index (χ2n) is 2.71. The summed E-state index contributed by atoms with van der Waals surface area (Å²) in [6.45, 7) is 0.108. The topological polar surface area (TPSA) is 70.5 Å². The monoisotopic (exact) mass is 178 g/mol. The maximum Gasteiger partial charge on any atom is 0.414 e. The highest BCUT2D eigenvalue weighted by Gasteiger charge is 2.31. The Bertz CT molecular complexity index is 389. The van der Waals surface area contributed by atoms with Gasteiger partial charge < -0.3 is 5.11 Å². The van der Waals surface area contributed by atoms with E-state index in [1.807, 2.05) is 0 Å². The van der Waals surface area contributed by atoms with Crippen LogP contribution >= 0.6 is 0 Å². The van der Waals surface area contributed by atoms with Crippen molar-refractivity contribution in [3.8, 4) is 0 Å². The van der Waals surface area contributed by atoms with E-state index in [4.69, 9.17) is 5.11 Å². The lowest BCUT2D eigenvalue weighted by Gasteiger charge is -2.06. The zero-order valence-corrected chi connectivity index (χ0v) is 6.60. The standard InChI is InChI=1S/C8H6N2O3/c11-7-6-1-2-9-3-5(6)4-10(7)8(12)13/h1-3H,4H2,(H,12,13). The van der Waals surface area contributed by atoms with Gasteiger partial charge in [0.2, 0.25) is 0 Å². The Labute approximate surface area is 73.6 Å². The molecule has 0 saturated carbocycles. The SMILES string of the molecule is O=C(O)N1Cc2cnccc2C1=O. The van der Waals surface area contributed by atoms with E-state index in [1.165, 1.54) is 18.5 Å². The smallest absolute Gasteiger partial charge is 0.414 e. The molecule has 2 rings (SSSR count). The largest absolute Gasteiger partial charge is 0.465 e. The Morgan fingerprint density at radius 2 is 2.38 bits per heavy atom. The van der Waals surface area contributed by atoms with E-state index in [-0.39, 0.29) is 6.54 Å². The Morgan fingerprint density at radius 3 is 3.00 bits per heavy atom. The van der Waals surface area contributed by atoms with E-state index in [2.05, 4.69) is 4.98 Å². The van der Waals surface area contributed by atoms with E-state index in [0.717, 1.165) is 4.90 Å². The van der Waals surface area contributed by atoms with Crippen molar-refractivity contribution in [2.75, 3.05) is 0 Å². The lowest BCUT2D eigenvalue weighted by atomic mass is 10.2. The number of pyridine rings is 1. The molecule has 0 fully saturated rings. The summed E-state index contributed by atoms with van der Waals surface area (Å²) >= 11 is 0. The molecule has 1 N–H and O–H groups in total. The van der Waals surface area contributed by atoms with E-state index < -0.39 is 12.0 Å². The van der Waals surface area contributed by atoms with Crippen molar-refractivity contribution in [3.05, 3.63) is 29.6 Å². The zero-order chi connectivity index (χ0) is 9.42. The van der Waals surface area contributed by atoms with Gasteiger partial charge in [-0.3, -0.25) is 9.78 Å². The van der Waals surface area contributed by atoms with Crippen LogP contribution in [0.2, 0.25) is 0 Å². The highest BCUT2D eigenvalue weighted by molar-refractivity contribution is 6.05. The van der Waals surface area contributed by atoms with Crippen molar-refractivity contribution < 1.29 is 14.7 Å². The summed E-state index contributed by atoms with van der Waals surface area (Å²) in [5, 5.41) is 8.64. The van der Waals surface area contributed by atoms with Crippen LogP contribution in [0.15, 0.2) is 18.5 Å². The summed E-state index contributed by atoms with van der Waals surface area (Å²) < 4.78 is 0. The van der Waals surface area contributed by atoms with E-state index in [9.17, 15) is 9.59 Å². The number of hydrogen-bond donors (Lipinski definition) is 1. The molecule has 0 aromatic carbocycles. The van der Waals surface area contributed by atoms with Gasteiger partial charge in [0.1, 0.15) is 0 Å². The first-order valence-corrected chi connectivity index (χ1v) is 3.68. The molecule has 1 aliphatic heterocycles. The van der Waals surface area contributed by atoms with Crippen LogP contribution in [-0.2, 0) is 6.54 Å². The first-order chi connectivity index (χ1) is 6.20. The summed E-state index contributed by atoms with van der Waals surface area (Å²) in [5.74, 6) is -0.468. The van der Waals surface area contributed by atoms with Gasteiger partial charge in [-0.15, -0.1) is 0 Å². The number of aromatic nitrogens is 1. The third kappa shape index (κ3) is 1.05. The molecule has 2 amide bonds. The second kappa shape index (κ2) is 2.55. The molecule has 5 nitrogen and oxygen atoms in total. The number of carboxylic acid groups (broad SMARTS) is 1.